The highest BCUT2D eigenvalue weighted by Crippen LogP contribution is 2.21. The van der Waals surface area contributed by atoms with Gasteiger partial charge in [0.1, 0.15) is 0 Å². The molecule has 0 atom stereocenters. The fourth-order valence-electron chi connectivity index (χ4n) is 2.16. The van der Waals surface area contributed by atoms with Gasteiger partial charge in [0.05, 0.1) is 16.4 Å². The minimum atomic E-state index is 0.757. The first-order valence-corrected chi connectivity index (χ1v) is 7.50. The molecule has 0 bridgehead atoms. The maximum atomic E-state index is 6.37. The SMILES string of the molecule is CCc1nn(CC)c(CNCC(CC)CC)c1Cl. The van der Waals surface area contributed by atoms with Crippen LogP contribution in [-0.4, -0.2) is 16.3 Å². The van der Waals surface area contributed by atoms with Gasteiger partial charge < -0.3 is 5.32 Å². The molecule has 0 spiro atoms. The van der Waals surface area contributed by atoms with Crippen molar-refractivity contribution in [1.82, 2.24) is 15.1 Å². The van der Waals surface area contributed by atoms with Crippen LogP contribution < -0.4 is 5.32 Å². The number of hydrogen-bond donors (Lipinski definition) is 1. The summed E-state index contributed by atoms with van der Waals surface area (Å²) in [6, 6.07) is 0. The lowest BCUT2D eigenvalue weighted by molar-refractivity contribution is 0.442. The molecule has 0 aliphatic rings. The quantitative estimate of drug-likeness (QED) is 0.782. The standard InChI is InChI=1S/C14H26ClN3/c1-5-11(6-2)9-16-10-13-14(15)12(7-3)17-18(13)8-4/h11,16H,5-10H2,1-4H3. The topological polar surface area (TPSA) is 29.9 Å². The highest BCUT2D eigenvalue weighted by Gasteiger charge is 2.14. The Kier molecular flexibility index (Phi) is 6.72. The third kappa shape index (κ3) is 3.72. The molecular weight excluding hydrogens is 246 g/mol. The van der Waals surface area contributed by atoms with Gasteiger partial charge in [0.2, 0.25) is 0 Å². The van der Waals surface area contributed by atoms with E-state index < -0.39 is 0 Å². The Morgan fingerprint density at radius 3 is 2.39 bits per heavy atom. The van der Waals surface area contributed by atoms with E-state index in [9.17, 15) is 0 Å². The molecule has 1 heterocycles. The summed E-state index contributed by atoms with van der Waals surface area (Å²) in [7, 11) is 0. The first-order chi connectivity index (χ1) is 8.67. The Labute approximate surface area is 116 Å². The van der Waals surface area contributed by atoms with Crippen molar-refractivity contribution in [2.24, 2.45) is 5.92 Å². The van der Waals surface area contributed by atoms with Crippen LogP contribution in [0.3, 0.4) is 0 Å². The lowest BCUT2D eigenvalue weighted by Crippen LogP contribution is -2.23. The zero-order valence-corrected chi connectivity index (χ0v) is 12.8. The van der Waals surface area contributed by atoms with Crippen molar-refractivity contribution in [2.45, 2.75) is 60.0 Å². The molecule has 104 valence electrons. The van der Waals surface area contributed by atoms with Crippen LogP contribution in [0.25, 0.3) is 0 Å². The van der Waals surface area contributed by atoms with Gasteiger partial charge in [0.15, 0.2) is 0 Å². The van der Waals surface area contributed by atoms with Crippen molar-refractivity contribution in [3.63, 3.8) is 0 Å². The molecule has 0 aliphatic carbocycles. The second kappa shape index (κ2) is 7.80. The molecule has 1 N–H and O–H groups in total. The number of hydrogen-bond acceptors (Lipinski definition) is 2. The summed E-state index contributed by atoms with van der Waals surface area (Å²) < 4.78 is 2.01. The Morgan fingerprint density at radius 2 is 1.89 bits per heavy atom. The fourth-order valence-corrected chi connectivity index (χ4v) is 2.49. The molecule has 0 aliphatic heterocycles. The molecule has 18 heavy (non-hydrogen) atoms. The molecule has 4 heteroatoms. The highest BCUT2D eigenvalue weighted by atomic mass is 35.5. The van der Waals surface area contributed by atoms with E-state index in [4.69, 9.17) is 11.6 Å². The molecule has 1 rings (SSSR count). The van der Waals surface area contributed by atoms with Crippen molar-refractivity contribution in [3.8, 4) is 0 Å². The summed E-state index contributed by atoms with van der Waals surface area (Å²) in [5.74, 6) is 0.757. The van der Waals surface area contributed by atoms with Crippen molar-refractivity contribution in [2.75, 3.05) is 6.54 Å². The molecule has 3 nitrogen and oxygen atoms in total. The average Bonchev–Trinajstić information content (AvgIpc) is 2.71. The monoisotopic (exact) mass is 271 g/mol. The maximum Gasteiger partial charge on any atom is 0.0863 e. The molecule has 1 aromatic heterocycles. The van der Waals surface area contributed by atoms with Gasteiger partial charge >= 0.3 is 0 Å². The molecule has 0 unspecified atom stereocenters. The van der Waals surface area contributed by atoms with E-state index in [2.05, 4.69) is 38.1 Å². The number of rotatable bonds is 8. The van der Waals surface area contributed by atoms with Crippen LogP contribution in [0.4, 0.5) is 0 Å². The third-order valence-electron chi connectivity index (χ3n) is 3.57. The summed E-state index contributed by atoms with van der Waals surface area (Å²) in [6.45, 7) is 11.4. The summed E-state index contributed by atoms with van der Waals surface area (Å²) in [4.78, 5) is 0. The van der Waals surface area contributed by atoms with E-state index in [-0.39, 0.29) is 0 Å². The van der Waals surface area contributed by atoms with Gasteiger partial charge in [0, 0.05) is 13.1 Å². The van der Waals surface area contributed by atoms with E-state index in [0.717, 1.165) is 48.4 Å². The lowest BCUT2D eigenvalue weighted by atomic mass is 10.0. The zero-order valence-electron chi connectivity index (χ0n) is 12.1. The molecule has 1 aromatic rings. The smallest absolute Gasteiger partial charge is 0.0863 e. The van der Waals surface area contributed by atoms with Crippen LogP contribution in [0.15, 0.2) is 0 Å². The fraction of sp³-hybridized carbons (Fsp3) is 0.786. The number of aromatic nitrogens is 2. The van der Waals surface area contributed by atoms with Crippen LogP contribution in [-0.2, 0) is 19.5 Å². The predicted octanol–water partition coefficient (Wildman–Crippen LogP) is 3.64. The van der Waals surface area contributed by atoms with Gasteiger partial charge in [-0.25, -0.2) is 0 Å². The Balaban J connectivity index is 2.63. The van der Waals surface area contributed by atoms with Gasteiger partial charge in [0.25, 0.3) is 0 Å². The molecule has 0 saturated carbocycles. The number of nitrogens with one attached hydrogen (secondary N) is 1. The maximum absolute atomic E-state index is 6.37. The molecule has 0 saturated heterocycles. The summed E-state index contributed by atoms with van der Waals surface area (Å²) >= 11 is 6.37. The summed E-state index contributed by atoms with van der Waals surface area (Å²) in [5.41, 5.74) is 2.14. The van der Waals surface area contributed by atoms with E-state index in [0.29, 0.717) is 0 Å². The van der Waals surface area contributed by atoms with Crippen molar-refractivity contribution in [3.05, 3.63) is 16.4 Å². The number of nitrogens with zero attached hydrogens (tertiary/aromatic N) is 2. The van der Waals surface area contributed by atoms with Crippen molar-refractivity contribution >= 4 is 11.6 Å². The molecule has 0 aromatic carbocycles. The van der Waals surface area contributed by atoms with Crippen LogP contribution >= 0.6 is 11.6 Å². The van der Waals surface area contributed by atoms with E-state index in [1.807, 2.05) is 4.68 Å². The van der Waals surface area contributed by atoms with E-state index in [1.165, 1.54) is 12.8 Å². The highest BCUT2D eigenvalue weighted by molar-refractivity contribution is 6.31. The van der Waals surface area contributed by atoms with Gasteiger partial charge in [-0.2, -0.15) is 5.10 Å². The minimum Gasteiger partial charge on any atom is -0.311 e. The number of halogens is 1. The summed E-state index contributed by atoms with van der Waals surface area (Å²) in [5, 5.41) is 8.88. The third-order valence-corrected chi connectivity index (χ3v) is 4.01. The minimum absolute atomic E-state index is 0.757. The first-order valence-electron chi connectivity index (χ1n) is 7.12. The number of aryl methyl sites for hydroxylation is 2. The largest absolute Gasteiger partial charge is 0.311 e. The van der Waals surface area contributed by atoms with Crippen LogP contribution in [0.1, 0.15) is 51.9 Å². The van der Waals surface area contributed by atoms with Gasteiger partial charge in [-0.1, -0.05) is 45.2 Å². The lowest BCUT2D eigenvalue weighted by Gasteiger charge is -2.13. The van der Waals surface area contributed by atoms with Crippen LogP contribution in [0.2, 0.25) is 5.02 Å². The van der Waals surface area contributed by atoms with E-state index in [1.54, 1.807) is 0 Å². The molecule has 0 amide bonds. The van der Waals surface area contributed by atoms with E-state index >= 15 is 0 Å². The average molecular weight is 272 g/mol. The normalized spacial score (nSPS) is 11.4. The second-order valence-electron chi connectivity index (χ2n) is 4.69. The van der Waals surface area contributed by atoms with Crippen LogP contribution in [0, 0.1) is 5.92 Å². The second-order valence-corrected chi connectivity index (χ2v) is 5.07. The molecule has 0 radical (unpaired) electrons. The van der Waals surface area contributed by atoms with Gasteiger partial charge in [-0.3, -0.25) is 4.68 Å². The van der Waals surface area contributed by atoms with Gasteiger partial charge in [-0.05, 0) is 25.8 Å². The first kappa shape index (κ1) is 15.5. The molecule has 0 fully saturated rings. The van der Waals surface area contributed by atoms with Gasteiger partial charge in [-0.15, -0.1) is 0 Å². The predicted molar refractivity (Wildman–Crippen MR) is 78.1 cm³/mol. The van der Waals surface area contributed by atoms with Crippen molar-refractivity contribution < 1.29 is 0 Å². The zero-order chi connectivity index (χ0) is 13.5. The Bertz CT molecular complexity index is 356. The van der Waals surface area contributed by atoms with Crippen LogP contribution in [0.5, 0.6) is 0 Å². The summed E-state index contributed by atoms with van der Waals surface area (Å²) in [6.07, 6.45) is 3.35. The Morgan fingerprint density at radius 1 is 1.22 bits per heavy atom. The van der Waals surface area contributed by atoms with Crippen molar-refractivity contribution in [1.29, 1.82) is 0 Å². The molecular formula is C14H26ClN3. The Hall–Kier alpha value is -0.540.